The summed E-state index contributed by atoms with van der Waals surface area (Å²) in [6, 6.07) is 22.8. The summed E-state index contributed by atoms with van der Waals surface area (Å²) < 4.78 is 32.6. The highest BCUT2D eigenvalue weighted by Gasteiger charge is 2.27. The van der Waals surface area contributed by atoms with Crippen LogP contribution in [0.25, 0.3) is 0 Å². The van der Waals surface area contributed by atoms with Gasteiger partial charge >= 0.3 is 0 Å². The lowest BCUT2D eigenvalue weighted by molar-refractivity contribution is -0.114. The number of hydrogen-bond donors (Lipinski definition) is 2. The van der Waals surface area contributed by atoms with E-state index in [1.165, 1.54) is 19.2 Å². The van der Waals surface area contributed by atoms with Crippen LogP contribution in [-0.2, 0) is 19.6 Å². The average Bonchev–Trinajstić information content (AvgIpc) is 2.84. The van der Waals surface area contributed by atoms with E-state index in [0.717, 1.165) is 4.31 Å². The molecule has 0 aliphatic heterocycles. The number of carbonyl (C=O) groups excluding carboxylic acids is 2. The van der Waals surface area contributed by atoms with Crippen LogP contribution in [0.4, 0.5) is 11.4 Å². The van der Waals surface area contributed by atoms with Crippen molar-refractivity contribution in [1.82, 2.24) is 5.32 Å². The second-order valence-corrected chi connectivity index (χ2v) is 8.87. The van der Waals surface area contributed by atoms with Crippen molar-refractivity contribution in [3.8, 4) is 0 Å². The number of hydrogen-bond acceptors (Lipinski definition) is 5. The topological polar surface area (TPSA) is 105 Å². The fraction of sp³-hybridized carbons (Fsp3) is 0.167. The van der Waals surface area contributed by atoms with Gasteiger partial charge in [-0.15, -0.1) is 0 Å². The number of ether oxygens (including phenoxy) is 1. The predicted molar refractivity (Wildman–Crippen MR) is 127 cm³/mol. The van der Waals surface area contributed by atoms with Crippen molar-refractivity contribution in [3.05, 3.63) is 90.5 Å². The van der Waals surface area contributed by atoms with E-state index in [2.05, 4.69) is 10.6 Å². The maximum atomic E-state index is 13.3. The van der Waals surface area contributed by atoms with Gasteiger partial charge in [0.2, 0.25) is 5.91 Å². The molecule has 0 fully saturated rings. The molecule has 0 atom stereocenters. The third-order valence-electron chi connectivity index (χ3n) is 4.70. The van der Waals surface area contributed by atoms with E-state index >= 15 is 0 Å². The van der Waals surface area contributed by atoms with E-state index in [0.29, 0.717) is 18.8 Å². The van der Waals surface area contributed by atoms with Gasteiger partial charge in [0.1, 0.15) is 6.54 Å². The number of benzene rings is 3. The van der Waals surface area contributed by atoms with Crippen molar-refractivity contribution in [1.29, 1.82) is 0 Å². The Balaban J connectivity index is 1.84. The van der Waals surface area contributed by atoms with Gasteiger partial charge in [-0.2, -0.15) is 0 Å². The quantitative estimate of drug-likeness (QED) is 0.446. The third-order valence-corrected chi connectivity index (χ3v) is 6.49. The van der Waals surface area contributed by atoms with Gasteiger partial charge in [0, 0.05) is 13.7 Å². The fourth-order valence-corrected chi connectivity index (χ4v) is 4.54. The molecule has 0 aromatic heterocycles. The van der Waals surface area contributed by atoms with Crippen LogP contribution in [0, 0.1) is 0 Å². The molecular weight excluding hydrogens is 442 g/mol. The van der Waals surface area contributed by atoms with E-state index in [1.54, 1.807) is 72.8 Å². The number of rotatable bonds is 10. The lowest BCUT2D eigenvalue weighted by atomic mass is 10.1. The summed E-state index contributed by atoms with van der Waals surface area (Å²) in [4.78, 5) is 25.5. The molecule has 0 aliphatic rings. The third kappa shape index (κ3) is 6.18. The molecule has 0 saturated heterocycles. The summed E-state index contributed by atoms with van der Waals surface area (Å²) in [6.45, 7) is 0.194. The summed E-state index contributed by atoms with van der Waals surface area (Å²) in [5.41, 5.74) is 0.892. The molecule has 0 bridgehead atoms. The SMILES string of the molecule is COCCNC(=O)c1ccccc1NC(=O)CN(c1ccccc1)S(=O)(=O)c1ccccc1. The largest absolute Gasteiger partial charge is 0.383 e. The van der Waals surface area contributed by atoms with Crippen molar-refractivity contribution in [3.63, 3.8) is 0 Å². The lowest BCUT2D eigenvalue weighted by Gasteiger charge is -2.24. The molecule has 3 aromatic carbocycles. The summed E-state index contributed by atoms with van der Waals surface area (Å²) in [7, 11) is -2.47. The molecule has 8 nitrogen and oxygen atoms in total. The Morgan fingerprint density at radius 3 is 2.15 bits per heavy atom. The second-order valence-electron chi connectivity index (χ2n) is 7.00. The Bertz CT molecular complexity index is 1180. The highest BCUT2D eigenvalue weighted by Crippen LogP contribution is 2.24. The van der Waals surface area contributed by atoms with Gasteiger partial charge in [-0.05, 0) is 36.4 Å². The molecule has 172 valence electrons. The van der Waals surface area contributed by atoms with Gasteiger partial charge in [-0.3, -0.25) is 13.9 Å². The molecule has 9 heteroatoms. The van der Waals surface area contributed by atoms with Gasteiger partial charge < -0.3 is 15.4 Å². The zero-order valence-electron chi connectivity index (χ0n) is 18.1. The van der Waals surface area contributed by atoms with Gasteiger partial charge in [-0.1, -0.05) is 48.5 Å². The Labute approximate surface area is 193 Å². The average molecular weight is 468 g/mol. The van der Waals surface area contributed by atoms with Gasteiger partial charge in [0.15, 0.2) is 0 Å². The zero-order chi connectivity index (χ0) is 23.7. The summed E-state index contributed by atoms with van der Waals surface area (Å²) in [5, 5.41) is 5.37. The normalized spacial score (nSPS) is 10.9. The standard InChI is InChI=1S/C24H25N3O5S/c1-32-17-16-25-24(29)21-14-8-9-15-22(21)26-23(28)18-27(19-10-4-2-5-11-19)33(30,31)20-12-6-3-7-13-20/h2-15H,16-18H2,1H3,(H,25,29)(H,26,28). The first-order chi connectivity index (χ1) is 15.9. The Morgan fingerprint density at radius 1 is 0.879 bits per heavy atom. The number of sulfonamides is 1. The number of carbonyl (C=O) groups is 2. The first-order valence-corrected chi connectivity index (χ1v) is 11.7. The lowest BCUT2D eigenvalue weighted by Crippen LogP contribution is -2.38. The van der Waals surface area contributed by atoms with Crippen molar-refractivity contribution in [2.24, 2.45) is 0 Å². The van der Waals surface area contributed by atoms with E-state index < -0.39 is 22.5 Å². The zero-order valence-corrected chi connectivity index (χ0v) is 18.9. The minimum Gasteiger partial charge on any atom is -0.383 e. The summed E-state index contributed by atoms with van der Waals surface area (Å²) in [6.07, 6.45) is 0. The van der Waals surface area contributed by atoms with E-state index in [1.807, 2.05) is 0 Å². The smallest absolute Gasteiger partial charge is 0.264 e. The molecule has 0 unspecified atom stereocenters. The fourth-order valence-electron chi connectivity index (χ4n) is 3.10. The Morgan fingerprint density at radius 2 is 1.48 bits per heavy atom. The van der Waals surface area contributed by atoms with E-state index in [9.17, 15) is 18.0 Å². The van der Waals surface area contributed by atoms with Gasteiger partial charge in [-0.25, -0.2) is 8.42 Å². The number of anilines is 2. The maximum Gasteiger partial charge on any atom is 0.264 e. The first kappa shape index (κ1) is 24.0. The molecule has 0 radical (unpaired) electrons. The number of nitrogens with one attached hydrogen (secondary N) is 2. The van der Waals surface area contributed by atoms with Crippen molar-refractivity contribution in [2.75, 3.05) is 36.4 Å². The molecule has 2 N–H and O–H groups in total. The van der Waals surface area contributed by atoms with Crippen LogP contribution in [0.15, 0.2) is 89.8 Å². The first-order valence-electron chi connectivity index (χ1n) is 10.2. The van der Waals surface area contributed by atoms with Gasteiger partial charge in [0.05, 0.1) is 28.4 Å². The number of para-hydroxylation sites is 2. The Kier molecular flexibility index (Phi) is 8.17. The highest BCUT2D eigenvalue weighted by atomic mass is 32.2. The van der Waals surface area contributed by atoms with Crippen molar-refractivity contribution >= 4 is 33.2 Å². The molecule has 3 aromatic rings. The highest BCUT2D eigenvalue weighted by molar-refractivity contribution is 7.92. The van der Waals surface area contributed by atoms with Crippen LogP contribution < -0.4 is 14.9 Å². The van der Waals surface area contributed by atoms with Crippen LogP contribution in [0.2, 0.25) is 0 Å². The summed E-state index contributed by atoms with van der Waals surface area (Å²) in [5.74, 6) is -0.963. The van der Waals surface area contributed by atoms with Crippen molar-refractivity contribution in [2.45, 2.75) is 4.90 Å². The molecule has 0 saturated carbocycles. The molecule has 33 heavy (non-hydrogen) atoms. The number of methoxy groups -OCH3 is 1. The molecular formula is C24H25N3O5S. The monoisotopic (exact) mass is 467 g/mol. The van der Waals surface area contributed by atoms with Crippen LogP contribution in [0.5, 0.6) is 0 Å². The second kappa shape index (κ2) is 11.3. The van der Waals surface area contributed by atoms with Crippen LogP contribution in [-0.4, -0.2) is 47.0 Å². The number of amides is 2. The van der Waals surface area contributed by atoms with E-state index in [4.69, 9.17) is 4.74 Å². The molecule has 0 spiro atoms. The molecule has 0 heterocycles. The summed E-state index contributed by atoms with van der Waals surface area (Å²) >= 11 is 0. The minimum atomic E-state index is -4.00. The van der Waals surface area contributed by atoms with Gasteiger partial charge in [0.25, 0.3) is 15.9 Å². The van der Waals surface area contributed by atoms with E-state index in [-0.39, 0.29) is 22.1 Å². The maximum absolute atomic E-state index is 13.3. The number of nitrogens with zero attached hydrogens (tertiary/aromatic N) is 1. The molecule has 2 amide bonds. The van der Waals surface area contributed by atoms with Crippen molar-refractivity contribution < 1.29 is 22.7 Å². The molecule has 3 rings (SSSR count). The molecule has 0 aliphatic carbocycles. The van der Waals surface area contributed by atoms with Crippen LogP contribution in [0.3, 0.4) is 0 Å². The van der Waals surface area contributed by atoms with Crippen LogP contribution >= 0.6 is 0 Å². The Hall–Kier alpha value is -3.69. The predicted octanol–water partition coefficient (Wildman–Crippen LogP) is 2.90. The minimum absolute atomic E-state index is 0.0691. The van der Waals surface area contributed by atoms with Crippen LogP contribution in [0.1, 0.15) is 10.4 Å².